The van der Waals surface area contributed by atoms with Gasteiger partial charge in [-0.3, -0.25) is 0 Å². The SMILES string of the molecule is COCc1cccc(Oc2cc(Br)ccc2C#N)c1. The molecule has 0 aliphatic carbocycles. The number of rotatable bonds is 4. The first-order valence-electron chi connectivity index (χ1n) is 5.68. The van der Waals surface area contributed by atoms with Gasteiger partial charge in [0.25, 0.3) is 0 Å². The Hall–Kier alpha value is -1.83. The Bertz CT molecular complexity index is 620. The van der Waals surface area contributed by atoms with Gasteiger partial charge in [0.2, 0.25) is 0 Å². The number of hydrogen-bond donors (Lipinski definition) is 0. The van der Waals surface area contributed by atoms with Crippen LogP contribution < -0.4 is 4.74 Å². The van der Waals surface area contributed by atoms with Gasteiger partial charge in [0.15, 0.2) is 0 Å². The van der Waals surface area contributed by atoms with Crippen LogP contribution >= 0.6 is 15.9 Å². The topological polar surface area (TPSA) is 42.2 Å². The Labute approximate surface area is 120 Å². The van der Waals surface area contributed by atoms with E-state index in [4.69, 9.17) is 14.7 Å². The molecule has 0 atom stereocenters. The van der Waals surface area contributed by atoms with Gasteiger partial charge in [0, 0.05) is 11.6 Å². The summed E-state index contributed by atoms with van der Waals surface area (Å²) in [6.45, 7) is 0.529. The van der Waals surface area contributed by atoms with Gasteiger partial charge in [0.1, 0.15) is 17.6 Å². The van der Waals surface area contributed by atoms with Gasteiger partial charge in [0.05, 0.1) is 12.2 Å². The number of hydrogen-bond acceptors (Lipinski definition) is 3. The fraction of sp³-hybridized carbons (Fsp3) is 0.133. The average Bonchev–Trinajstić information content (AvgIpc) is 2.40. The Kier molecular flexibility index (Phi) is 4.56. The van der Waals surface area contributed by atoms with Gasteiger partial charge < -0.3 is 9.47 Å². The monoisotopic (exact) mass is 317 g/mol. The molecule has 0 radical (unpaired) electrons. The van der Waals surface area contributed by atoms with E-state index < -0.39 is 0 Å². The summed E-state index contributed by atoms with van der Waals surface area (Å²) in [5.41, 5.74) is 1.52. The first-order valence-corrected chi connectivity index (χ1v) is 6.47. The highest BCUT2D eigenvalue weighted by atomic mass is 79.9. The van der Waals surface area contributed by atoms with E-state index in [9.17, 15) is 0 Å². The molecule has 0 saturated carbocycles. The summed E-state index contributed by atoms with van der Waals surface area (Å²) < 4.78 is 11.7. The lowest BCUT2D eigenvalue weighted by Crippen LogP contribution is -1.91. The number of halogens is 1. The Morgan fingerprint density at radius 1 is 1.21 bits per heavy atom. The molecule has 0 unspecified atom stereocenters. The van der Waals surface area contributed by atoms with Crippen LogP contribution in [-0.2, 0) is 11.3 Å². The number of nitrogens with zero attached hydrogens (tertiary/aromatic N) is 1. The van der Waals surface area contributed by atoms with Gasteiger partial charge in [-0.05, 0) is 35.9 Å². The van der Waals surface area contributed by atoms with Crippen LogP contribution in [0.5, 0.6) is 11.5 Å². The van der Waals surface area contributed by atoms with Crippen molar-refractivity contribution in [2.75, 3.05) is 7.11 Å². The summed E-state index contributed by atoms with van der Waals surface area (Å²) >= 11 is 3.37. The molecule has 2 aromatic rings. The molecule has 0 bridgehead atoms. The molecule has 0 aromatic heterocycles. The van der Waals surface area contributed by atoms with E-state index in [-0.39, 0.29) is 0 Å². The molecule has 2 aromatic carbocycles. The number of methoxy groups -OCH3 is 1. The van der Waals surface area contributed by atoms with E-state index in [1.165, 1.54) is 0 Å². The van der Waals surface area contributed by atoms with E-state index in [2.05, 4.69) is 22.0 Å². The van der Waals surface area contributed by atoms with E-state index >= 15 is 0 Å². The highest BCUT2D eigenvalue weighted by Gasteiger charge is 2.06. The highest BCUT2D eigenvalue weighted by Crippen LogP contribution is 2.28. The minimum absolute atomic E-state index is 0.500. The third kappa shape index (κ3) is 3.57. The van der Waals surface area contributed by atoms with Gasteiger partial charge in [-0.1, -0.05) is 28.1 Å². The van der Waals surface area contributed by atoms with Crippen molar-refractivity contribution in [3.8, 4) is 17.6 Å². The predicted octanol–water partition coefficient (Wildman–Crippen LogP) is 4.26. The van der Waals surface area contributed by atoms with Crippen LogP contribution in [0.3, 0.4) is 0 Å². The molecule has 0 aliphatic rings. The van der Waals surface area contributed by atoms with Crippen molar-refractivity contribution in [3.05, 3.63) is 58.1 Å². The zero-order chi connectivity index (χ0) is 13.7. The van der Waals surface area contributed by atoms with E-state index in [1.807, 2.05) is 30.3 Å². The summed E-state index contributed by atoms with van der Waals surface area (Å²) in [5, 5.41) is 9.06. The molecule has 4 heteroatoms. The average molecular weight is 318 g/mol. The van der Waals surface area contributed by atoms with Crippen LogP contribution in [0, 0.1) is 11.3 Å². The van der Waals surface area contributed by atoms with Crippen molar-refractivity contribution in [2.45, 2.75) is 6.61 Å². The number of benzene rings is 2. The molecule has 0 spiro atoms. The molecule has 0 N–H and O–H groups in total. The number of nitriles is 1. The van der Waals surface area contributed by atoms with Crippen LogP contribution in [0.15, 0.2) is 46.9 Å². The second kappa shape index (κ2) is 6.37. The van der Waals surface area contributed by atoms with E-state index in [0.29, 0.717) is 23.7 Å². The minimum atomic E-state index is 0.500. The van der Waals surface area contributed by atoms with Crippen LogP contribution in [-0.4, -0.2) is 7.11 Å². The molecule has 0 amide bonds. The lowest BCUT2D eigenvalue weighted by Gasteiger charge is -2.09. The maximum Gasteiger partial charge on any atom is 0.146 e. The molecular weight excluding hydrogens is 306 g/mol. The summed E-state index contributed by atoms with van der Waals surface area (Å²) in [6.07, 6.45) is 0. The molecule has 3 nitrogen and oxygen atoms in total. The standard InChI is InChI=1S/C15H12BrNO2/c1-18-10-11-3-2-4-14(7-11)19-15-8-13(16)6-5-12(15)9-17/h2-8H,10H2,1H3. The number of ether oxygens (including phenoxy) is 2. The first-order chi connectivity index (χ1) is 9.22. The van der Waals surface area contributed by atoms with Crippen LogP contribution in [0.25, 0.3) is 0 Å². The van der Waals surface area contributed by atoms with Crippen LogP contribution in [0.2, 0.25) is 0 Å². The van der Waals surface area contributed by atoms with Gasteiger partial charge >= 0.3 is 0 Å². The predicted molar refractivity (Wildman–Crippen MR) is 76.1 cm³/mol. The Morgan fingerprint density at radius 3 is 2.79 bits per heavy atom. The lowest BCUT2D eigenvalue weighted by atomic mass is 10.2. The summed E-state index contributed by atoms with van der Waals surface area (Å²) in [7, 11) is 1.65. The molecule has 2 rings (SSSR count). The first kappa shape index (κ1) is 13.6. The van der Waals surface area contributed by atoms with E-state index in [1.54, 1.807) is 19.2 Å². The van der Waals surface area contributed by atoms with Crippen molar-refractivity contribution in [3.63, 3.8) is 0 Å². The van der Waals surface area contributed by atoms with Crippen LogP contribution in [0.1, 0.15) is 11.1 Å². The zero-order valence-electron chi connectivity index (χ0n) is 10.4. The molecule has 0 aliphatic heterocycles. The molecule has 0 fully saturated rings. The lowest BCUT2D eigenvalue weighted by molar-refractivity contribution is 0.184. The second-order valence-corrected chi connectivity index (χ2v) is 4.85. The third-order valence-electron chi connectivity index (χ3n) is 2.50. The molecule has 0 saturated heterocycles. The zero-order valence-corrected chi connectivity index (χ0v) is 12.0. The minimum Gasteiger partial charge on any atom is -0.456 e. The van der Waals surface area contributed by atoms with E-state index in [0.717, 1.165) is 10.0 Å². The highest BCUT2D eigenvalue weighted by molar-refractivity contribution is 9.10. The Morgan fingerprint density at radius 2 is 2.05 bits per heavy atom. The molecular formula is C15H12BrNO2. The fourth-order valence-corrected chi connectivity index (χ4v) is 2.01. The van der Waals surface area contributed by atoms with Crippen molar-refractivity contribution in [1.82, 2.24) is 0 Å². The van der Waals surface area contributed by atoms with Crippen LogP contribution in [0.4, 0.5) is 0 Å². The van der Waals surface area contributed by atoms with Gasteiger partial charge in [-0.15, -0.1) is 0 Å². The largest absolute Gasteiger partial charge is 0.456 e. The van der Waals surface area contributed by atoms with Gasteiger partial charge in [-0.2, -0.15) is 5.26 Å². The molecule has 96 valence electrons. The summed E-state index contributed by atoms with van der Waals surface area (Å²) in [5.74, 6) is 1.22. The Balaban J connectivity index is 2.28. The quantitative estimate of drug-likeness (QED) is 0.846. The summed E-state index contributed by atoms with van der Waals surface area (Å²) in [6, 6.07) is 15.0. The third-order valence-corrected chi connectivity index (χ3v) is 2.99. The maximum atomic E-state index is 9.06. The van der Waals surface area contributed by atoms with Crippen molar-refractivity contribution < 1.29 is 9.47 Å². The van der Waals surface area contributed by atoms with Crippen molar-refractivity contribution in [2.24, 2.45) is 0 Å². The van der Waals surface area contributed by atoms with Gasteiger partial charge in [-0.25, -0.2) is 0 Å². The normalized spacial score (nSPS) is 9.95. The van der Waals surface area contributed by atoms with Crippen molar-refractivity contribution >= 4 is 15.9 Å². The van der Waals surface area contributed by atoms with Crippen molar-refractivity contribution in [1.29, 1.82) is 5.26 Å². The summed E-state index contributed by atoms with van der Waals surface area (Å²) in [4.78, 5) is 0. The molecule has 0 heterocycles. The second-order valence-electron chi connectivity index (χ2n) is 3.93. The molecule has 19 heavy (non-hydrogen) atoms. The maximum absolute atomic E-state index is 9.06. The fourth-order valence-electron chi connectivity index (χ4n) is 1.67. The smallest absolute Gasteiger partial charge is 0.146 e.